The highest BCUT2D eigenvalue weighted by atomic mass is 19.1. The van der Waals surface area contributed by atoms with Crippen LogP contribution in [0.1, 0.15) is 33.6 Å². The van der Waals surface area contributed by atoms with Crippen LogP contribution in [0.25, 0.3) is 0 Å². The van der Waals surface area contributed by atoms with Crippen LogP contribution in [0.4, 0.5) is 9.18 Å². The number of carbonyl (C=O) groups is 1. The van der Waals surface area contributed by atoms with Crippen LogP contribution in [0.2, 0.25) is 0 Å². The Morgan fingerprint density at radius 3 is 2.75 bits per heavy atom. The van der Waals surface area contributed by atoms with E-state index < -0.39 is 17.9 Å². The first-order chi connectivity index (χ1) is 7.33. The zero-order valence-electron chi connectivity index (χ0n) is 9.86. The number of nitrogens with zero attached hydrogens (tertiary/aromatic N) is 2. The number of rotatable bonds is 1. The lowest BCUT2D eigenvalue weighted by Crippen LogP contribution is -2.39. The third-order valence-electron chi connectivity index (χ3n) is 2.32. The van der Waals surface area contributed by atoms with E-state index in [1.54, 1.807) is 20.8 Å². The van der Waals surface area contributed by atoms with Gasteiger partial charge in [-0.3, -0.25) is 0 Å². The van der Waals surface area contributed by atoms with Crippen molar-refractivity contribution in [3.8, 4) is 6.07 Å². The van der Waals surface area contributed by atoms with Gasteiger partial charge in [-0.2, -0.15) is 5.26 Å². The van der Waals surface area contributed by atoms with E-state index in [4.69, 9.17) is 10.00 Å². The van der Waals surface area contributed by atoms with Crippen LogP contribution in [0, 0.1) is 11.3 Å². The maximum atomic E-state index is 13.2. The van der Waals surface area contributed by atoms with Crippen LogP contribution >= 0.6 is 0 Å². The second-order valence-electron chi connectivity index (χ2n) is 4.98. The number of nitriles is 1. The quantitative estimate of drug-likeness (QED) is 0.691. The van der Waals surface area contributed by atoms with Crippen LogP contribution < -0.4 is 0 Å². The monoisotopic (exact) mass is 228 g/mol. The molecule has 0 aromatic heterocycles. The summed E-state index contributed by atoms with van der Waals surface area (Å²) in [5.74, 6) is 0. The average molecular weight is 228 g/mol. The van der Waals surface area contributed by atoms with Gasteiger partial charge in [-0.25, -0.2) is 9.18 Å². The Labute approximate surface area is 95.0 Å². The molecule has 5 heteroatoms. The van der Waals surface area contributed by atoms with Gasteiger partial charge in [0.1, 0.15) is 11.8 Å². The van der Waals surface area contributed by atoms with Crippen LogP contribution in [-0.2, 0) is 4.74 Å². The molecule has 0 saturated carbocycles. The maximum absolute atomic E-state index is 13.2. The summed E-state index contributed by atoms with van der Waals surface area (Å²) >= 11 is 0. The van der Waals surface area contributed by atoms with Crippen molar-refractivity contribution < 1.29 is 13.9 Å². The zero-order valence-corrected chi connectivity index (χ0v) is 9.86. The molecule has 1 rings (SSSR count). The first-order valence-corrected chi connectivity index (χ1v) is 5.34. The predicted octanol–water partition coefficient (Wildman–Crippen LogP) is 2.25. The van der Waals surface area contributed by atoms with Gasteiger partial charge >= 0.3 is 6.09 Å². The van der Waals surface area contributed by atoms with E-state index in [-0.39, 0.29) is 25.4 Å². The number of hydrogen-bond acceptors (Lipinski definition) is 3. The zero-order chi connectivity index (χ0) is 12.3. The predicted molar refractivity (Wildman–Crippen MR) is 56.5 cm³/mol. The van der Waals surface area contributed by atoms with Gasteiger partial charge in [0.15, 0.2) is 0 Å². The van der Waals surface area contributed by atoms with Crippen LogP contribution in [-0.4, -0.2) is 35.4 Å². The second-order valence-corrected chi connectivity index (χ2v) is 4.98. The molecule has 1 fully saturated rings. The van der Waals surface area contributed by atoms with Gasteiger partial charge in [0, 0.05) is 6.42 Å². The van der Waals surface area contributed by atoms with Gasteiger partial charge in [0.25, 0.3) is 0 Å². The van der Waals surface area contributed by atoms with Crippen molar-refractivity contribution in [2.45, 2.75) is 51.4 Å². The summed E-state index contributed by atoms with van der Waals surface area (Å²) in [6, 6.07) is 1.61. The first-order valence-electron chi connectivity index (χ1n) is 5.34. The third kappa shape index (κ3) is 3.37. The summed E-state index contributed by atoms with van der Waals surface area (Å²) in [6.07, 6.45) is -1.20. The Hall–Kier alpha value is -1.31. The van der Waals surface area contributed by atoms with E-state index in [1.165, 1.54) is 4.90 Å². The van der Waals surface area contributed by atoms with Crippen molar-refractivity contribution >= 4 is 6.09 Å². The molecule has 1 heterocycles. The van der Waals surface area contributed by atoms with Gasteiger partial charge in [-0.15, -0.1) is 0 Å². The van der Waals surface area contributed by atoms with Gasteiger partial charge in [0.05, 0.1) is 25.1 Å². The lowest BCUT2D eigenvalue weighted by Gasteiger charge is -2.27. The molecule has 0 aliphatic carbocycles. The first kappa shape index (κ1) is 12.8. The molecule has 1 aliphatic heterocycles. The molecule has 16 heavy (non-hydrogen) atoms. The molecule has 0 aromatic carbocycles. The van der Waals surface area contributed by atoms with E-state index in [1.807, 2.05) is 6.07 Å². The number of hydrogen-bond donors (Lipinski definition) is 0. The molecule has 1 aliphatic rings. The number of ether oxygens (including phenoxy) is 1. The lowest BCUT2D eigenvalue weighted by molar-refractivity contribution is 0.0221. The minimum absolute atomic E-state index is 0.0290. The van der Waals surface area contributed by atoms with Crippen molar-refractivity contribution in [3.63, 3.8) is 0 Å². The molecule has 0 aromatic rings. The normalized spacial score (nSPS) is 25.3. The summed E-state index contributed by atoms with van der Waals surface area (Å²) in [7, 11) is 0. The summed E-state index contributed by atoms with van der Waals surface area (Å²) in [5, 5.41) is 8.59. The molecule has 0 radical (unpaired) electrons. The van der Waals surface area contributed by atoms with Crippen LogP contribution in [0.3, 0.4) is 0 Å². The number of amides is 1. The van der Waals surface area contributed by atoms with Crippen molar-refractivity contribution in [2.75, 3.05) is 6.54 Å². The maximum Gasteiger partial charge on any atom is 0.410 e. The van der Waals surface area contributed by atoms with E-state index in [0.29, 0.717) is 0 Å². The summed E-state index contributed by atoms with van der Waals surface area (Å²) in [4.78, 5) is 13.0. The molecule has 0 spiro atoms. The van der Waals surface area contributed by atoms with Gasteiger partial charge < -0.3 is 9.64 Å². The van der Waals surface area contributed by atoms with Crippen molar-refractivity contribution in [2.24, 2.45) is 0 Å². The highest BCUT2D eigenvalue weighted by Gasteiger charge is 2.37. The number of carbonyl (C=O) groups excluding carboxylic acids is 1. The van der Waals surface area contributed by atoms with E-state index >= 15 is 0 Å². The van der Waals surface area contributed by atoms with Crippen molar-refractivity contribution in [3.05, 3.63) is 0 Å². The molecule has 0 bridgehead atoms. The Morgan fingerprint density at radius 2 is 2.25 bits per heavy atom. The van der Waals surface area contributed by atoms with Gasteiger partial charge in [-0.1, -0.05) is 0 Å². The molecule has 90 valence electrons. The Morgan fingerprint density at radius 1 is 1.62 bits per heavy atom. The standard InChI is InChI=1S/C11H17FN2O2/c1-11(2,3)16-10(15)14-7-8(12)6-9(14)4-5-13/h8-9H,4,6-7H2,1-3H3/t8-,9-/m1/s1. The SMILES string of the molecule is CC(C)(C)OC(=O)N1C[C@H](F)C[C@H]1CC#N. The minimum atomic E-state index is -1.05. The fourth-order valence-electron chi connectivity index (χ4n) is 1.70. The minimum Gasteiger partial charge on any atom is -0.444 e. The Bertz CT molecular complexity index is 306. The molecular formula is C11H17FN2O2. The van der Waals surface area contributed by atoms with Gasteiger partial charge in [0.2, 0.25) is 0 Å². The third-order valence-corrected chi connectivity index (χ3v) is 2.32. The van der Waals surface area contributed by atoms with E-state index in [9.17, 15) is 9.18 Å². The second kappa shape index (κ2) is 4.69. The highest BCUT2D eigenvalue weighted by molar-refractivity contribution is 5.69. The number of alkyl halides is 1. The molecule has 1 saturated heterocycles. The largest absolute Gasteiger partial charge is 0.444 e. The molecule has 4 nitrogen and oxygen atoms in total. The molecule has 2 atom stereocenters. The summed E-state index contributed by atoms with van der Waals surface area (Å²) in [5.41, 5.74) is -0.595. The molecule has 1 amide bonds. The number of likely N-dealkylation sites (tertiary alicyclic amines) is 1. The van der Waals surface area contributed by atoms with Crippen LogP contribution in [0.5, 0.6) is 0 Å². The topological polar surface area (TPSA) is 53.3 Å². The molecule has 0 N–H and O–H groups in total. The summed E-state index contributed by atoms with van der Waals surface area (Å²) in [6.45, 7) is 5.30. The number of halogens is 1. The van der Waals surface area contributed by atoms with Crippen molar-refractivity contribution in [1.82, 2.24) is 4.90 Å². The highest BCUT2D eigenvalue weighted by Crippen LogP contribution is 2.24. The van der Waals surface area contributed by atoms with E-state index in [0.717, 1.165) is 0 Å². The fourth-order valence-corrected chi connectivity index (χ4v) is 1.70. The average Bonchev–Trinajstić information content (AvgIpc) is 2.44. The van der Waals surface area contributed by atoms with E-state index in [2.05, 4.69) is 0 Å². The van der Waals surface area contributed by atoms with Crippen molar-refractivity contribution in [1.29, 1.82) is 5.26 Å². The lowest BCUT2D eigenvalue weighted by atomic mass is 10.1. The molecule has 0 unspecified atom stereocenters. The Kier molecular flexibility index (Phi) is 3.74. The van der Waals surface area contributed by atoms with Gasteiger partial charge in [-0.05, 0) is 20.8 Å². The molecular weight excluding hydrogens is 211 g/mol. The fraction of sp³-hybridized carbons (Fsp3) is 0.818. The smallest absolute Gasteiger partial charge is 0.410 e. The summed E-state index contributed by atoms with van der Waals surface area (Å²) < 4.78 is 18.3. The Balaban J connectivity index is 2.64. The van der Waals surface area contributed by atoms with Crippen LogP contribution in [0.15, 0.2) is 0 Å².